The first-order chi connectivity index (χ1) is 5.58. The highest BCUT2D eigenvalue weighted by Crippen LogP contribution is 2.05. The second-order valence-electron chi connectivity index (χ2n) is 4.55. The van der Waals surface area contributed by atoms with Gasteiger partial charge in [-0.1, -0.05) is 60.8 Å². The van der Waals surface area contributed by atoms with Crippen molar-refractivity contribution in [2.75, 3.05) is 0 Å². The number of hydrogen-bond acceptors (Lipinski definition) is 0. The maximum Gasteiger partial charge on any atom is 0.0521 e. The van der Waals surface area contributed by atoms with Crippen molar-refractivity contribution < 1.29 is 0 Å². The zero-order valence-corrected chi connectivity index (χ0v) is 10.7. The molecule has 66 valence electrons. The molecule has 1 aromatic rings. The maximum atomic E-state index is 2.46. The van der Waals surface area contributed by atoms with Gasteiger partial charge in [-0.05, 0) is 0 Å². The van der Waals surface area contributed by atoms with Crippen molar-refractivity contribution in [3.05, 3.63) is 30.3 Å². The molecular formula is C10H18Si2. The van der Waals surface area contributed by atoms with Gasteiger partial charge in [0.1, 0.15) is 0 Å². The fraction of sp³-hybridized carbons (Fsp3) is 0.400. The van der Waals surface area contributed by atoms with Crippen LogP contribution in [-0.2, 0) is 0 Å². The summed E-state index contributed by atoms with van der Waals surface area (Å²) < 4.78 is 0. The van der Waals surface area contributed by atoms with Crippen molar-refractivity contribution in [1.82, 2.24) is 0 Å². The molecule has 0 aromatic heterocycles. The van der Waals surface area contributed by atoms with Crippen LogP contribution in [0.4, 0.5) is 0 Å². The summed E-state index contributed by atoms with van der Waals surface area (Å²) in [5.74, 6) is 0. The summed E-state index contributed by atoms with van der Waals surface area (Å²) in [6.45, 7) is 7.38. The lowest BCUT2D eigenvalue weighted by molar-refractivity contribution is 1.63. The Labute approximate surface area is 78.8 Å². The molecule has 1 aromatic carbocycles. The normalized spacial score (nSPS) is 12.6. The first kappa shape index (κ1) is 9.74. The van der Waals surface area contributed by atoms with Gasteiger partial charge in [0.15, 0.2) is 0 Å². The van der Waals surface area contributed by atoms with E-state index in [1.54, 1.807) is 5.19 Å². The lowest BCUT2D eigenvalue weighted by Gasteiger charge is -2.14. The van der Waals surface area contributed by atoms with Gasteiger partial charge in [0.2, 0.25) is 0 Å². The van der Waals surface area contributed by atoms with E-state index in [0.29, 0.717) is 0 Å². The Morgan fingerprint density at radius 3 is 2.17 bits per heavy atom. The molecule has 0 saturated heterocycles. The van der Waals surface area contributed by atoms with Crippen LogP contribution < -0.4 is 5.19 Å². The fourth-order valence-electron chi connectivity index (χ4n) is 1.16. The van der Waals surface area contributed by atoms with Crippen molar-refractivity contribution >= 4 is 22.8 Å². The molecule has 0 nitrogen and oxygen atoms in total. The Kier molecular flexibility index (Phi) is 3.29. The molecule has 0 fully saturated rings. The van der Waals surface area contributed by atoms with Gasteiger partial charge in [-0.3, -0.25) is 0 Å². The minimum atomic E-state index is -0.778. The van der Waals surface area contributed by atoms with Crippen LogP contribution in [0.3, 0.4) is 0 Å². The summed E-state index contributed by atoms with van der Waals surface area (Å²) in [5.41, 5.74) is 1.54. The van der Waals surface area contributed by atoms with E-state index in [0.717, 1.165) is 0 Å². The Morgan fingerprint density at radius 1 is 1.08 bits per heavy atom. The van der Waals surface area contributed by atoms with Crippen LogP contribution in [0.25, 0.3) is 0 Å². The molecule has 2 heteroatoms. The largest absolute Gasteiger partial charge is 0.0698 e. The predicted molar refractivity (Wildman–Crippen MR) is 62.8 cm³/mol. The molecule has 0 aliphatic heterocycles. The molecule has 0 aliphatic rings. The Bertz CT molecular complexity index is 223. The maximum absolute atomic E-state index is 2.46. The van der Waals surface area contributed by atoms with Crippen molar-refractivity contribution in [3.8, 4) is 0 Å². The van der Waals surface area contributed by atoms with E-state index in [1.807, 2.05) is 0 Å². The lowest BCUT2D eigenvalue weighted by atomic mass is 10.4. The number of hydrogen-bond donors (Lipinski definition) is 0. The third-order valence-corrected chi connectivity index (χ3v) is 10.1. The molecule has 1 rings (SSSR count). The minimum absolute atomic E-state index is 0.0461. The summed E-state index contributed by atoms with van der Waals surface area (Å²) in [6.07, 6.45) is 0. The van der Waals surface area contributed by atoms with Gasteiger partial charge in [0.05, 0.1) is 9.52 Å². The first-order valence-electron chi connectivity index (χ1n) is 4.62. The van der Waals surface area contributed by atoms with Gasteiger partial charge in [-0.25, -0.2) is 0 Å². The second kappa shape index (κ2) is 4.05. The predicted octanol–water partition coefficient (Wildman–Crippen LogP) is 1.78. The lowest BCUT2D eigenvalue weighted by Crippen LogP contribution is -2.27. The van der Waals surface area contributed by atoms with Gasteiger partial charge < -0.3 is 0 Å². The topological polar surface area (TPSA) is 0 Å². The summed E-state index contributed by atoms with van der Waals surface area (Å²) in [5, 5.41) is 1.62. The quantitative estimate of drug-likeness (QED) is 0.644. The molecule has 0 spiro atoms. The van der Waals surface area contributed by atoms with E-state index in [1.165, 1.54) is 5.67 Å². The van der Waals surface area contributed by atoms with E-state index in [2.05, 4.69) is 50.0 Å². The van der Waals surface area contributed by atoms with Crippen molar-refractivity contribution in [3.63, 3.8) is 0 Å². The number of benzene rings is 1. The van der Waals surface area contributed by atoms with Crippen molar-refractivity contribution in [2.45, 2.75) is 25.3 Å². The molecule has 0 atom stereocenters. The van der Waals surface area contributed by atoms with E-state index in [4.69, 9.17) is 0 Å². The monoisotopic (exact) mass is 194 g/mol. The third-order valence-electron chi connectivity index (χ3n) is 2.01. The molecule has 0 bridgehead atoms. The molecule has 0 unspecified atom stereocenters. The Balaban J connectivity index is 2.44. The van der Waals surface area contributed by atoms with E-state index in [-0.39, 0.29) is 9.52 Å². The van der Waals surface area contributed by atoms with Gasteiger partial charge in [-0.2, -0.15) is 0 Å². The summed E-state index contributed by atoms with van der Waals surface area (Å²) in [7, 11) is -0.732. The zero-order valence-electron chi connectivity index (χ0n) is 8.30. The van der Waals surface area contributed by atoms with Crippen LogP contribution in [0.5, 0.6) is 0 Å². The van der Waals surface area contributed by atoms with Crippen LogP contribution in [0.1, 0.15) is 0 Å². The highest BCUT2D eigenvalue weighted by molar-refractivity contribution is 6.85. The molecule has 0 N–H and O–H groups in total. The van der Waals surface area contributed by atoms with Gasteiger partial charge in [0.25, 0.3) is 0 Å². The molecule has 0 amide bonds. The molecule has 0 heterocycles. The van der Waals surface area contributed by atoms with E-state index in [9.17, 15) is 0 Å². The highest BCUT2D eigenvalue weighted by Gasteiger charge is 2.12. The molecule has 0 saturated carbocycles. The Hall–Kier alpha value is -0.346. The first-order valence-corrected chi connectivity index (χ1v) is 10.0. The SMILES string of the molecule is C[Si](C)(C)C[SiH2]c1ccccc1. The molecule has 0 radical (unpaired) electrons. The van der Waals surface area contributed by atoms with Gasteiger partial charge >= 0.3 is 0 Å². The average molecular weight is 194 g/mol. The van der Waals surface area contributed by atoms with Crippen LogP contribution in [0.2, 0.25) is 25.3 Å². The summed E-state index contributed by atoms with van der Waals surface area (Å²) in [6, 6.07) is 11.0. The second-order valence-corrected chi connectivity index (χ2v) is 13.0. The molecule has 12 heavy (non-hydrogen) atoms. The fourth-order valence-corrected chi connectivity index (χ4v) is 5.92. The van der Waals surface area contributed by atoms with Crippen molar-refractivity contribution in [1.29, 1.82) is 0 Å². The molecular weight excluding hydrogens is 176 g/mol. The van der Waals surface area contributed by atoms with Gasteiger partial charge in [-0.15, -0.1) is 0 Å². The van der Waals surface area contributed by atoms with Crippen LogP contribution in [-0.4, -0.2) is 17.6 Å². The average Bonchev–Trinajstić information content (AvgIpc) is 2.02. The Morgan fingerprint density at radius 2 is 1.67 bits per heavy atom. The van der Waals surface area contributed by atoms with E-state index < -0.39 is 8.07 Å². The standard InChI is InChI=1S/C10H18Si2/c1-12(2,3)9-11-10-7-5-4-6-8-10/h4-8H,9,11H2,1-3H3. The highest BCUT2D eigenvalue weighted by atomic mass is 28.4. The summed E-state index contributed by atoms with van der Waals surface area (Å²) >= 11 is 0. The van der Waals surface area contributed by atoms with Crippen LogP contribution in [0, 0.1) is 0 Å². The van der Waals surface area contributed by atoms with Gasteiger partial charge in [0, 0.05) is 8.07 Å². The van der Waals surface area contributed by atoms with E-state index >= 15 is 0 Å². The van der Waals surface area contributed by atoms with Crippen LogP contribution >= 0.6 is 0 Å². The number of rotatable bonds is 3. The minimum Gasteiger partial charge on any atom is -0.0698 e. The summed E-state index contributed by atoms with van der Waals surface area (Å²) in [4.78, 5) is 0. The molecule has 0 aliphatic carbocycles. The third kappa shape index (κ3) is 3.88. The zero-order chi connectivity index (χ0) is 9.03. The van der Waals surface area contributed by atoms with Crippen LogP contribution in [0.15, 0.2) is 30.3 Å². The smallest absolute Gasteiger partial charge is 0.0521 e. The van der Waals surface area contributed by atoms with Crippen molar-refractivity contribution in [2.24, 2.45) is 0 Å².